The van der Waals surface area contributed by atoms with Crippen LogP contribution in [0.2, 0.25) is 0 Å². The predicted molar refractivity (Wildman–Crippen MR) is 122 cm³/mol. The highest BCUT2D eigenvalue weighted by molar-refractivity contribution is 6.34. The molecular formula is C25H19N5O3. The average molecular weight is 437 g/mol. The summed E-state index contributed by atoms with van der Waals surface area (Å²) in [6.45, 7) is 0.0607. The summed E-state index contributed by atoms with van der Waals surface area (Å²) >= 11 is 0. The van der Waals surface area contributed by atoms with Crippen molar-refractivity contribution in [2.24, 2.45) is 12.2 Å². The monoisotopic (exact) mass is 437 g/mol. The zero-order valence-corrected chi connectivity index (χ0v) is 17.8. The molecule has 8 nitrogen and oxygen atoms in total. The highest BCUT2D eigenvalue weighted by Crippen LogP contribution is 2.27. The Kier molecular flexibility index (Phi) is 5.24. The minimum absolute atomic E-state index is 0.0607. The maximum atomic E-state index is 12.7. The summed E-state index contributed by atoms with van der Waals surface area (Å²) in [7, 11) is 1.88. The smallest absolute Gasteiger partial charge is 0.267 e. The predicted octanol–water partition coefficient (Wildman–Crippen LogP) is 3.58. The third-order valence-electron chi connectivity index (χ3n) is 5.29. The van der Waals surface area contributed by atoms with Crippen LogP contribution in [0.4, 0.5) is 5.82 Å². The van der Waals surface area contributed by atoms with E-state index < -0.39 is 0 Å². The lowest BCUT2D eigenvalue weighted by molar-refractivity contribution is 0.0924. The Morgan fingerprint density at radius 2 is 1.61 bits per heavy atom. The molecule has 2 aromatic carbocycles. The van der Waals surface area contributed by atoms with Gasteiger partial charge in [-0.1, -0.05) is 53.7 Å². The van der Waals surface area contributed by atoms with Gasteiger partial charge in [-0.3, -0.25) is 9.59 Å². The van der Waals surface area contributed by atoms with Crippen molar-refractivity contribution in [2.45, 2.75) is 6.61 Å². The lowest BCUT2D eigenvalue weighted by Gasteiger charge is -2.13. The first-order valence-corrected chi connectivity index (χ1v) is 10.3. The fraction of sp³-hybridized carbons (Fsp3) is 0.0800. The van der Waals surface area contributed by atoms with Gasteiger partial charge in [-0.15, -0.1) is 0 Å². The van der Waals surface area contributed by atoms with Crippen LogP contribution in [0.5, 0.6) is 0 Å². The molecular weight excluding hydrogens is 418 g/mol. The number of amides is 2. The molecule has 0 saturated heterocycles. The SMILES string of the molecule is Cn1cncc1/C(=N\OCc1cccc(N2C(=O)c3ccccc3C2=O)n1)c1ccccc1. The van der Waals surface area contributed by atoms with Crippen LogP contribution < -0.4 is 4.90 Å². The number of benzene rings is 2. The number of imide groups is 1. The number of aryl methyl sites for hydroxylation is 1. The van der Waals surface area contributed by atoms with Gasteiger partial charge < -0.3 is 9.40 Å². The summed E-state index contributed by atoms with van der Waals surface area (Å²) in [5.41, 5.74) is 3.60. The lowest BCUT2D eigenvalue weighted by atomic mass is 10.1. The number of rotatable bonds is 6. The Morgan fingerprint density at radius 3 is 2.27 bits per heavy atom. The number of carbonyl (C=O) groups is 2. The van der Waals surface area contributed by atoms with Crippen LogP contribution in [-0.4, -0.2) is 32.1 Å². The molecule has 2 amide bonds. The molecule has 8 heteroatoms. The van der Waals surface area contributed by atoms with Gasteiger partial charge in [0, 0.05) is 12.6 Å². The van der Waals surface area contributed by atoms with Crippen molar-refractivity contribution >= 4 is 23.3 Å². The zero-order chi connectivity index (χ0) is 22.8. The average Bonchev–Trinajstić information content (AvgIpc) is 3.38. The topological polar surface area (TPSA) is 89.7 Å². The molecule has 0 bridgehead atoms. The minimum atomic E-state index is -0.387. The Balaban J connectivity index is 1.38. The molecule has 0 unspecified atom stereocenters. The van der Waals surface area contributed by atoms with Crippen molar-refractivity contribution in [3.05, 3.63) is 113 Å². The first kappa shape index (κ1) is 20.3. The molecule has 0 N–H and O–H groups in total. The Labute approximate surface area is 189 Å². The number of aromatic nitrogens is 3. The number of pyridine rings is 1. The van der Waals surface area contributed by atoms with Crippen molar-refractivity contribution in [2.75, 3.05) is 4.90 Å². The third kappa shape index (κ3) is 3.78. The molecule has 0 fully saturated rings. The summed E-state index contributed by atoms with van der Waals surface area (Å²) < 4.78 is 1.86. The van der Waals surface area contributed by atoms with E-state index in [4.69, 9.17) is 4.84 Å². The van der Waals surface area contributed by atoms with Crippen molar-refractivity contribution in [3.8, 4) is 0 Å². The molecule has 33 heavy (non-hydrogen) atoms. The molecule has 162 valence electrons. The summed E-state index contributed by atoms with van der Waals surface area (Å²) in [5, 5.41) is 4.35. The first-order chi connectivity index (χ1) is 16.1. The van der Waals surface area contributed by atoms with Gasteiger partial charge in [-0.2, -0.15) is 0 Å². The largest absolute Gasteiger partial charge is 0.389 e. The van der Waals surface area contributed by atoms with E-state index in [-0.39, 0.29) is 24.2 Å². The Morgan fingerprint density at radius 1 is 0.909 bits per heavy atom. The van der Waals surface area contributed by atoms with Crippen LogP contribution in [0, 0.1) is 0 Å². The van der Waals surface area contributed by atoms with E-state index >= 15 is 0 Å². The van der Waals surface area contributed by atoms with Crippen LogP contribution in [0.3, 0.4) is 0 Å². The van der Waals surface area contributed by atoms with E-state index in [1.807, 2.05) is 41.9 Å². The van der Waals surface area contributed by atoms with E-state index in [1.165, 1.54) is 0 Å². The molecule has 0 saturated carbocycles. The second kappa shape index (κ2) is 8.51. The Hall–Kier alpha value is -4.59. The van der Waals surface area contributed by atoms with Crippen molar-refractivity contribution < 1.29 is 14.4 Å². The molecule has 0 aliphatic carbocycles. The van der Waals surface area contributed by atoms with Crippen LogP contribution in [-0.2, 0) is 18.5 Å². The maximum absolute atomic E-state index is 12.7. The van der Waals surface area contributed by atoms with Gasteiger partial charge in [0.05, 0.1) is 35.0 Å². The van der Waals surface area contributed by atoms with Crippen LogP contribution in [0.1, 0.15) is 37.7 Å². The second-order valence-corrected chi connectivity index (χ2v) is 7.45. The highest BCUT2D eigenvalue weighted by atomic mass is 16.6. The summed E-state index contributed by atoms with van der Waals surface area (Å²) in [6.07, 6.45) is 3.41. The van der Waals surface area contributed by atoms with E-state index in [9.17, 15) is 9.59 Å². The van der Waals surface area contributed by atoms with Crippen LogP contribution in [0.25, 0.3) is 0 Å². The molecule has 0 spiro atoms. The quantitative estimate of drug-likeness (QED) is 0.261. The van der Waals surface area contributed by atoms with E-state index in [1.54, 1.807) is 55.0 Å². The molecule has 5 rings (SSSR count). The van der Waals surface area contributed by atoms with Gasteiger partial charge >= 0.3 is 0 Å². The number of hydrogen-bond acceptors (Lipinski definition) is 6. The molecule has 0 radical (unpaired) electrons. The third-order valence-corrected chi connectivity index (χ3v) is 5.29. The molecule has 1 aliphatic heterocycles. The van der Waals surface area contributed by atoms with E-state index in [2.05, 4.69) is 15.1 Å². The minimum Gasteiger partial charge on any atom is -0.389 e. The standard InChI is InChI=1S/C25H19N5O3/c1-29-16-26-14-21(29)23(17-8-3-2-4-9-17)28-33-15-18-10-7-13-22(27-18)30-24(31)19-11-5-6-12-20(19)25(30)32/h2-14,16H,15H2,1H3/b28-23-. The maximum Gasteiger partial charge on any atom is 0.267 e. The lowest BCUT2D eigenvalue weighted by Crippen LogP contribution is -2.30. The Bertz CT molecular complexity index is 1340. The zero-order valence-electron chi connectivity index (χ0n) is 17.8. The number of fused-ring (bicyclic) bond motifs is 1. The molecule has 0 atom stereocenters. The number of anilines is 1. The van der Waals surface area contributed by atoms with Gasteiger partial charge in [-0.25, -0.2) is 14.9 Å². The van der Waals surface area contributed by atoms with Gasteiger partial charge in [0.25, 0.3) is 11.8 Å². The normalized spacial score (nSPS) is 13.4. The van der Waals surface area contributed by atoms with Crippen LogP contribution in [0.15, 0.2) is 90.5 Å². The fourth-order valence-corrected chi connectivity index (χ4v) is 3.66. The number of oxime groups is 1. The van der Waals surface area contributed by atoms with Gasteiger partial charge in [0.2, 0.25) is 0 Å². The van der Waals surface area contributed by atoms with Crippen molar-refractivity contribution in [1.29, 1.82) is 0 Å². The summed E-state index contributed by atoms with van der Waals surface area (Å²) in [5.74, 6) is -0.523. The molecule has 3 heterocycles. The summed E-state index contributed by atoms with van der Waals surface area (Å²) in [6, 6.07) is 21.5. The second-order valence-electron chi connectivity index (χ2n) is 7.45. The molecule has 2 aromatic heterocycles. The van der Waals surface area contributed by atoms with Crippen molar-refractivity contribution in [1.82, 2.24) is 14.5 Å². The summed E-state index contributed by atoms with van der Waals surface area (Å²) in [4.78, 5) is 40.8. The first-order valence-electron chi connectivity index (χ1n) is 10.3. The van der Waals surface area contributed by atoms with E-state index in [0.29, 0.717) is 22.5 Å². The number of nitrogens with zero attached hydrogens (tertiary/aromatic N) is 5. The van der Waals surface area contributed by atoms with Gasteiger partial charge in [-0.05, 0) is 24.3 Å². The van der Waals surface area contributed by atoms with E-state index in [0.717, 1.165) is 16.2 Å². The molecule has 4 aromatic rings. The highest BCUT2D eigenvalue weighted by Gasteiger charge is 2.37. The van der Waals surface area contributed by atoms with Crippen molar-refractivity contribution in [3.63, 3.8) is 0 Å². The van der Waals surface area contributed by atoms with Crippen LogP contribution >= 0.6 is 0 Å². The van der Waals surface area contributed by atoms with Gasteiger partial charge in [0.1, 0.15) is 11.5 Å². The fourth-order valence-electron chi connectivity index (χ4n) is 3.66. The number of carbonyl (C=O) groups excluding carboxylic acids is 2. The van der Waals surface area contributed by atoms with Gasteiger partial charge in [0.15, 0.2) is 6.61 Å². The molecule has 1 aliphatic rings. The number of imidazole rings is 1. The number of hydrogen-bond donors (Lipinski definition) is 0.